The molecule has 0 spiro atoms. The zero-order valence-corrected chi connectivity index (χ0v) is 7.37. The highest BCUT2D eigenvalue weighted by Crippen LogP contribution is 2.24. The summed E-state index contributed by atoms with van der Waals surface area (Å²) in [5.41, 5.74) is 1.07. The maximum atomic E-state index is 5.32. The van der Waals surface area contributed by atoms with Crippen LogP contribution < -0.4 is 4.74 Å². The molecule has 0 radical (unpaired) electrons. The number of benzene rings is 1. The maximum absolute atomic E-state index is 5.32. The van der Waals surface area contributed by atoms with Crippen LogP contribution in [0.1, 0.15) is 18.4 Å². The Labute approximate surface area is 73.4 Å². The lowest BCUT2D eigenvalue weighted by atomic mass is 10.0. The molecule has 62 valence electrons. The minimum Gasteiger partial charge on any atom is -0.496 e. The molecule has 0 heterocycles. The molecular formula is C11H12O. The van der Waals surface area contributed by atoms with Crippen molar-refractivity contribution < 1.29 is 4.74 Å². The first-order chi connectivity index (χ1) is 5.79. The third kappa shape index (κ3) is 1.60. The van der Waals surface area contributed by atoms with Gasteiger partial charge in [0.25, 0.3) is 0 Å². The Morgan fingerprint density at radius 1 is 1.42 bits per heavy atom. The highest BCUT2D eigenvalue weighted by atomic mass is 16.5. The molecule has 1 aromatic carbocycles. The lowest BCUT2D eigenvalue weighted by Gasteiger charge is -2.09. The van der Waals surface area contributed by atoms with Crippen molar-refractivity contribution in [2.75, 3.05) is 7.11 Å². The van der Waals surface area contributed by atoms with Gasteiger partial charge in [0.05, 0.1) is 7.11 Å². The Balaban J connectivity index is 3.06. The number of ether oxygens (including phenoxy) is 1. The van der Waals surface area contributed by atoms with E-state index >= 15 is 0 Å². The molecule has 0 fully saturated rings. The fourth-order valence-electron chi connectivity index (χ4n) is 1.11. The molecule has 1 rings (SSSR count). The van der Waals surface area contributed by atoms with E-state index in [1.165, 1.54) is 0 Å². The molecule has 1 aromatic rings. The fraction of sp³-hybridized carbons (Fsp3) is 0.273. The summed E-state index contributed by atoms with van der Waals surface area (Å²) < 4.78 is 5.17. The smallest absolute Gasteiger partial charge is 0.123 e. The van der Waals surface area contributed by atoms with Crippen LogP contribution in [-0.2, 0) is 0 Å². The zero-order chi connectivity index (χ0) is 8.97. The van der Waals surface area contributed by atoms with Crippen molar-refractivity contribution in [1.29, 1.82) is 0 Å². The summed E-state index contributed by atoms with van der Waals surface area (Å²) >= 11 is 0. The van der Waals surface area contributed by atoms with Gasteiger partial charge >= 0.3 is 0 Å². The van der Waals surface area contributed by atoms with Crippen LogP contribution in [0.4, 0.5) is 0 Å². The van der Waals surface area contributed by atoms with Gasteiger partial charge in [0.15, 0.2) is 0 Å². The molecule has 12 heavy (non-hydrogen) atoms. The number of hydrogen-bond acceptors (Lipinski definition) is 1. The topological polar surface area (TPSA) is 9.23 Å². The highest BCUT2D eigenvalue weighted by Gasteiger charge is 2.06. The molecule has 1 atom stereocenters. The number of terminal acetylenes is 1. The van der Waals surface area contributed by atoms with E-state index in [4.69, 9.17) is 11.2 Å². The minimum atomic E-state index is 0.112. The first-order valence-electron chi connectivity index (χ1n) is 3.88. The fourth-order valence-corrected chi connectivity index (χ4v) is 1.11. The molecule has 0 aliphatic carbocycles. The summed E-state index contributed by atoms with van der Waals surface area (Å²) in [5.74, 6) is 3.65. The zero-order valence-electron chi connectivity index (χ0n) is 7.37. The largest absolute Gasteiger partial charge is 0.496 e. The molecule has 0 amide bonds. The van der Waals surface area contributed by atoms with E-state index in [9.17, 15) is 0 Å². The van der Waals surface area contributed by atoms with Crippen LogP contribution in [-0.4, -0.2) is 7.11 Å². The van der Waals surface area contributed by atoms with Crippen LogP contribution in [0.25, 0.3) is 0 Å². The molecule has 0 saturated heterocycles. The predicted molar refractivity (Wildman–Crippen MR) is 50.2 cm³/mol. The number of para-hydroxylation sites is 1. The van der Waals surface area contributed by atoms with Crippen molar-refractivity contribution in [2.45, 2.75) is 12.8 Å². The Bertz CT molecular complexity index is 296. The standard InChI is InChI=1S/C11H12O/c1-4-9(2)10-7-5-6-8-11(10)12-3/h1,5-9H,2-3H3. The Kier molecular flexibility index (Phi) is 2.76. The van der Waals surface area contributed by atoms with Gasteiger partial charge < -0.3 is 4.74 Å². The van der Waals surface area contributed by atoms with Crippen molar-refractivity contribution in [3.05, 3.63) is 29.8 Å². The SMILES string of the molecule is C#CC(C)c1ccccc1OC. The summed E-state index contributed by atoms with van der Waals surface area (Å²) in [6, 6.07) is 7.81. The van der Waals surface area contributed by atoms with E-state index < -0.39 is 0 Å². The van der Waals surface area contributed by atoms with E-state index in [-0.39, 0.29) is 5.92 Å². The second kappa shape index (κ2) is 3.82. The van der Waals surface area contributed by atoms with Gasteiger partial charge in [0, 0.05) is 11.5 Å². The van der Waals surface area contributed by atoms with Crippen LogP contribution in [0.5, 0.6) is 5.75 Å². The van der Waals surface area contributed by atoms with E-state index in [1.54, 1.807) is 7.11 Å². The summed E-state index contributed by atoms with van der Waals surface area (Å²) in [6.45, 7) is 1.98. The van der Waals surface area contributed by atoms with Gasteiger partial charge in [-0.3, -0.25) is 0 Å². The maximum Gasteiger partial charge on any atom is 0.123 e. The highest BCUT2D eigenvalue weighted by molar-refractivity contribution is 5.39. The van der Waals surface area contributed by atoms with E-state index in [0.717, 1.165) is 11.3 Å². The van der Waals surface area contributed by atoms with Crippen LogP contribution in [0.3, 0.4) is 0 Å². The number of methoxy groups -OCH3 is 1. The van der Waals surface area contributed by atoms with Crippen LogP contribution >= 0.6 is 0 Å². The first-order valence-corrected chi connectivity index (χ1v) is 3.88. The van der Waals surface area contributed by atoms with Crippen LogP contribution in [0.15, 0.2) is 24.3 Å². The van der Waals surface area contributed by atoms with E-state index in [1.807, 2.05) is 31.2 Å². The second-order valence-electron chi connectivity index (χ2n) is 2.63. The molecule has 0 aromatic heterocycles. The molecule has 1 unspecified atom stereocenters. The summed E-state index contributed by atoms with van der Waals surface area (Å²) in [4.78, 5) is 0. The van der Waals surface area contributed by atoms with Crippen molar-refractivity contribution in [1.82, 2.24) is 0 Å². The second-order valence-corrected chi connectivity index (χ2v) is 2.63. The van der Waals surface area contributed by atoms with Gasteiger partial charge in [-0.05, 0) is 13.0 Å². The summed E-state index contributed by atoms with van der Waals surface area (Å²) in [6.07, 6.45) is 5.32. The third-order valence-corrected chi connectivity index (χ3v) is 1.86. The summed E-state index contributed by atoms with van der Waals surface area (Å²) in [7, 11) is 1.65. The molecular weight excluding hydrogens is 148 g/mol. The lowest BCUT2D eigenvalue weighted by molar-refractivity contribution is 0.409. The molecule has 0 aliphatic rings. The molecule has 0 saturated carbocycles. The van der Waals surface area contributed by atoms with Crippen molar-refractivity contribution >= 4 is 0 Å². The number of rotatable bonds is 2. The lowest BCUT2D eigenvalue weighted by Crippen LogP contribution is -1.94. The quantitative estimate of drug-likeness (QED) is 0.604. The number of hydrogen-bond donors (Lipinski definition) is 0. The van der Waals surface area contributed by atoms with Crippen molar-refractivity contribution in [3.8, 4) is 18.1 Å². The van der Waals surface area contributed by atoms with Crippen LogP contribution in [0, 0.1) is 12.3 Å². The Morgan fingerprint density at radius 3 is 2.67 bits per heavy atom. The first kappa shape index (κ1) is 8.67. The van der Waals surface area contributed by atoms with Crippen LogP contribution in [0.2, 0.25) is 0 Å². The molecule has 1 nitrogen and oxygen atoms in total. The van der Waals surface area contributed by atoms with Gasteiger partial charge in [0.1, 0.15) is 5.75 Å². The Hall–Kier alpha value is -1.42. The predicted octanol–water partition coefficient (Wildman–Crippen LogP) is 2.43. The van der Waals surface area contributed by atoms with Gasteiger partial charge in [-0.2, -0.15) is 0 Å². The molecule has 1 heteroatoms. The van der Waals surface area contributed by atoms with Gasteiger partial charge in [-0.1, -0.05) is 24.1 Å². The van der Waals surface area contributed by atoms with E-state index in [0.29, 0.717) is 0 Å². The average molecular weight is 160 g/mol. The average Bonchev–Trinajstić information content (AvgIpc) is 2.16. The third-order valence-electron chi connectivity index (χ3n) is 1.86. The monoisotopic (exact) mass is 160 g/mol. The van der Waals surface area contributed by atoms with Crippen molar-refractivity contribution in [3.63, 3.8) is 0 Å². The normalized spacial score (nSPS) is 11.8. The summed E-state index contributed by atoms with van der Waals surface area (Å²) in [5, 5.41) is 0. The van der Waals surface area contributed by atoms with Gasteiger partial charge in [0.2, 0.25) is 0 Å². The molecule has 0 bridgehead atoms. The Morgan fingerprint density at radius 2 is 2.08 bits per heavy atom. The molecule has 0 N–H and O–H groups in total. The van der Waals surface area contributed by atoms with E-state index in [2.05, 4.69) is 5.92 Å². The van der Waals surface area contributed by atoms with Crippen molar-refractivity contribution in [2.24, 2.45) is 0 Å². The minimum absolute atomic E-state index is 0.112. The van der Waals surface area contributed by atoms with Gasteiger partial charge in [-0.25, -0.2) is 0 Å². The van der Waals surface area contributed by atoms with Gasteiger partial charge in [-0.15, -0.1) is 6.42 Å². The molecule has 0 aliphatic heterocycles.